The molecule has 0 bridgehead atoms. The smallest absolute Gasteiger partial charge is 0.242 e. The minimum atomic E-state index is -3.59. The number of carbonyl (C=O) groups excluding carboxylic acids is 2. The first-order valence-corrected chi connectivity index (χ1v) is 15.3. The molecule has 0 spiro atoms. The van der Waals surface area contributed by atoms with Crippen molar-refractivity contribution in [3.63, 3.8) is 0 Å². The van der Waals surface area contributed by atoms with E-state index in [-0.39, 0.29) is 43.8 Å². The molecular weight excluding hydrogens is 549 g/mol. The van der Waals surface area contributed by atoms with Crippen LogP contribution in [0.4, 0.5) is 5.69 Å². The molecule has 1 saturated carbocycles. The third-order valence-corrected chi connectivity index (χ3v) is 8.67. The lowest BCUT2D eigenvalue weighted by atomic mass is 10.1. The van der Waals surface area contributed by atoms with E-state index in [2.05, 4.69) is 5.32 Å². The first-order valence-electron chi connectivity index (χ1n) is 12.7. The molecule has 1 atom stereocenters. The first-order chi connectivity index (χ1) is 18.0. The molecule has 8 nitrogen and oxygen atoms in total. The quantitative estimate of drug-likeness (QED) is 0.378. The van der Waals surface area contributed by atoms with Crippen molar-refractivity contribution >= 4 is 50.7 Å². The molecule has 38 heavy (non-hydrogen) atoms. The molecule has 208 valence electrons. The maximum atomic E-state index is 13.5. The summed E-state index contributed by atoms with van der Waals surface area (Å²) >= 11 is 12.8. The summed E-state index contributed by atoms with van der Waals surface area (Å²) in [6.45, 7) is 1.85. The largest absolute Gasteiger partial charge is 0.497 e. The zero-order chi connectivity index (χ0) is 27.9. The van der Waals surface area contributed by atoms with Crippen LogP contribution in [-0.4, -0.2) is 57.1 Å². The molecule has 11 heteroatoms. The molecule has 2 amide bonds. The summed E-state index contributed by atoms with van der Waals surface area (Å²) in [7, 11) is -2.06. The van der Waals surface area contributed by atoms with Crippen molar-refractivity contribution < 1.29 is 22.7 Å². The molecule has 0 aromatic heterocycles. The van der Waals surface area contributed by atoms with Gasteiger partial charge in [-0.15, -0.1) is 0 Å². The van der Waals surface area contributed by atoms with Gasteiger partial charge < -0.3 is 15.0 Å². The first kappa shape index (κ1) is 30.1. The molecule has 0 unspecified atom stereocenters. The summed E-state index contributed by atoms with van der Waals surface area (Å²) in [6.07, 6.45) is 5.41. The number of nitrogens with one attached hydrogen (secondary N) is 1. The van der Waals surface area contributed by atoms with Crippen molar-refractivity contribution in [2.45, 2.75) is 64.1 Å². The van der Waals surface area contributed by atoms with Crippen LogP contribution in [0.1, 0.15) is 51.0 Å². The topological polar surface area (TPSA) is 96.0 Å². The molecular formula is C27H35Cl2N3O5S. The van der Waals surface area contributed by atoms with Gasteiger partial charge >= 0.3 is 0 Å². The predicted molar refractivity (Wildman–Crippen MR) is 151 cm³/mol. The number of amides is 2. The second kappa shape index (κ2) is 13.5. The number of halogens is 2. The van der Waals surface area contributed by atoms with E-state index < -0.39 is 16.1 Å². The van der Waals surface area contributed by atoms with E-state index in [9.17, 15) is 18.0 Å². The second-order valence-corrected chi connectivity index (χ2v) is 12.2. The number of sulfonamides is 1. The minimum Gasteiger partial charge on any atom is -0.497 e. The Labute approximate surface area is 235 Å². The number of carbonyl (C=O) groups is 2. The second-order valence-electron chi connectivity index (χ2n) is 9.52. The molecule has 3 rings (SSSR count). The van der Waals surface area contributed by atoms with Gasteiger partial charge in [0.05, 0.1) is 19.1 Å². The van der Waals surface area contributed by atoms with E-state index in [0.29, 0.717) is 27.0 Å². The number of hydrogen-bond donors (Lipinski definition) is 1. The lowest BCUT2D eigenvalue weighted by Gasteiger charge is -2.30. The summed E-state index contributed by atoms with van der Waals surface area (Å²) in [5, 5.41) is 3.87. The van der Waals surface area contributed by atoms with Gasteiger partial charge in [-0.2, -0.15) is 0 Å². The number of methoxy groups -OCH3 is 1. The molecule has 2 aromatic carbocycles. The summed E-state index contributed by atoms with van der Waals surface area (Å²) < 4.78 is 31.4. The predicted octanol–water partition coefficient (Wildman–Crippen LogP) is 5.02. The van der Waals surface area contributed by atoms with Gasteiger partial charge in [0.15, 0.2) is 0 Å². The molecule has 0 saturated heterocycles. The third-order valence-electron chi connectivity index (χ3n) is 6.77. The van der Waals surface area contributed by atoms with Gasteiger partial charge in [0.2, 0.25) is 21.8 Å². The van der Waals surface area contributed by atoms with E-state index in [1.54, 1.807) is 49.4 Å². The Morgan fingerprint density at radius 3 is 2.24 bits per heavy atom. The van der Waals surface area contributed by atoms with Gasteiger partial charge in [-0.05, 0) is 62.6 Å². The number of ether oxygens (including phenoxy) is 1. The fraction of sp³-hybridized carbons (Fsp3) is 0.481. The lowest BCUT2D eigenvalue weighted by Crippen LogP contribution is -2.49. The molecule has 1 fully saturated rings. The molecule has 0 heterocycles. The standard InChI is InChI=1S/C27H35Cl2N3O5S/c1-19(27(34)30-20-8-4-5-9-20)31(18-23-24(28)10-6-11-25(23)29)26(33)12-7-17-32(38(3,35)36)21-13-15-22(37-2)16-14-21/h6,10-11,13-16,19-20H,4-5,7-9,12,17-18H2,1-3H3,(H,30,34)/t19-/m0/s1. The Hall–Kier alpha value is -2.49. The van der Waals surface area contributed by atoms with E-state index >= 15 is 0 Å². The number of hydrogen-bond acceptors (Lipinski definition) is 5. The molecule has 2 aromatic rings. The Kier molecular flexibility index (Phi) is 10.7. The van der Waals surface area contributed by atoms with Gasteiger partial charge in [-0.1, -0.05) is 42.1 Å². The Bertz CT molecular complexity index is 1200. The van der Waals surface area contributed by atoms with Crippen molar-refractivity contribution in [3.05, 3.63) is 58.1 Å². The number of rotatable bonds is 12. The van der Waals surface area contributed by atoms with Crippen molar-refractivity contribution in [1.82, 2.24) is 10.2 Å². The Morgan fingerprint density at radius 1 is 1.08 bits per heavy atom. The van der Waals surface area contributed by atoms with Crippen LogP contribution in [-0.2, 0) is 26.2 Å². The molecule has 1 aliphatic rings. The van der Waals surface area contributed by atoms with E-state index in [4.69, 9.17) is 27.9 Å². The summed E-state index contributed by atoms with van der Waals surface area (Å²) in [6, 6.07) is 11.1. The van der Waals surface area contributed by atoms with Gasteiger partial charge in [0.25, 0.3) is 0 Å². The highest BCUT2D eigenvalue weighted by Crippen LogP contribution is 2.28. The molecule has 1 N–H and O–H groups in total. The summed E-state index contributed by atoms with van der Waals surface area (Å²) in [5.74, 6) is 0.0822. The van der Waals surface area contributed by atoms with Crippen LogP contribution in [0.3, 0.4) is 0 Å². The molecule has 0 radical (unpaired) electrons. The van der Waals surface area contributed by atoms with Crippen LogP contribution in [0.15, 0.2) is 42.5 Å². The van der Waals surface area contributed by atoms with Crippen molar-refractivity contribution in [3.8, 4) is 5.75 Å². The van der Waals surface area contributed by atoms with Gasteiger partial charge in [0.1, 0.15) is 11.8 Å². The van der Waals surface area contributed by atoms with Gasteiger partial charge in [0, 0.05) is 41.2 Å². The van der Waals surface area contributed by atoms with Crippen molar-refractivity contribution in [1.29, 1.82) is 0 Å². The Morgan fingerprint density at radius 2 is 1.68 bits per heavy atom. The summed E-state index contributed by atoms with van der Waals surface area (Å²) in [5.41, 5.74) is 1.03. The van der Waals surface area contributed by atoms with Crippen LogP contribution in [0, 0.1) is 0 Å². The van der Waals surface area contributed by atoms with Crippen LogP contribution in [0.2, 0.25) is 10.0 Å². The van der Waals surface area contributed by atoms with Crippen molar-refractivity contribution in [2.24, 2.45) is 0 Å². The average Bonchev–Trinajstić information content (AvgIpc) is 3.38. The fourth-order valence-electron chi connectivity index (χ4n) is 4.58. The maximum Gasteiger partial charge on any atom is 0.242 e. The third kappa shape index (κ3) is 8.01. The molecule has 0 aliphatic heterocycles. The number of nitrogens with zero attached hydrogens (tertiary/aromatic N) is 2. The van der Waals surface area contributed by atoms with Crippen LogP contribution < -0.4 is 14.4 Å². The Balaban J connectivity index is 1.75. The number of anilines is 1. The maximum absolute atomic E-state index is 13.5. The zero-order valence-corrected chi connectivity index (χ0v) is 24.3. The average molecular weight is 585 g/mol. The fourth-order valence-corrected chi connectivity index (χ4v) is 6.06. The van der Waals surface area contributed by atoms with Crippen LogP contribution in [0.25, 0.3) is 0 Å². The monoisotopic (exact) mass is 583 g/mol. The normalized spacial score (nSPS) is 14.7. The highest BCUT2D eigenvalue weighted by molar-refractivity contribution is 7.92. The highest BCUT2D eigenvalue weighted by Gasteiger charge is 2.29. The van der Waals surface area contributed by atoms with Crippen LogP contribution in [0.5, 0.6) is 5.75 Å². The summed E-state index contributed by atoms with van der Waals surface area (Å²) in [4.78, 5) is 28.0. The SMILES string of the molecule is COc1ccc(N(CCCC(=O)N(Cc2c(Cl)cccc2Cl)[C@@H](C)C(=O)NC2CCCC2)S(C)(=O)=O)cc1. The van der Waals surface area contributed by atoms with E-state index in [1.807, 2.05) is 0 Å². The molecule has 1 aliphatic carbocycles. The highest BCUT2D eigenvalue weighted by atomic mass is 35.5. The lowest BCUT2D eigenvalue weighted by molar-refractivity contribution is -0.140. The van der Waals surface area contributed by atoms with Crippen LogP contribution >= 0.6 is 23.2 Å². The van der Waals surface area contributed by atoms with E-state index in [0.717, 1.165) is 31.9 Å². The van der Waals surface area contributed by atoms with E-state index in [1.165, 1.54) is 16.3 Å². The minimum absolute atomic E-state index is 0.0330. The van der Waals surface area contributed by atoms with Gasteiger partial charge in [-0.25, -0.2) is 8.42 Å². The zero-order valence-electron chi connectivity index (χ0n) is 22.0. The van der Waals surface area contributed by atoms with Crippen molar-refractivity contribution in [2.75, 3.05) is 24.2 Å². The van der Waals surface area contributed by atoms with Gasteiger partial charge in [-0.3, -0.25) is 13.9 Å². The number of benzene rings is 2.